The number of rotatable bonds is 7. The molecule has 56 heavy (non-hydrogen) atoms. The lowest BCUT2D eigenvalue weighted by atomic mass is 9.83. The number of fused-ring (bicyclic) bond motifs is 3. The van der Waals surface area contributed by atoms with E-state index in [2.05, 4.69) is 176 Å². The molecule has 1 unspecified atom stereocenters. The van der Waals surface area contributed by atoms with Gasteiger partial charge < -0.3 is 0 Å². The SMILES string of the molecule is C1=C(c2ccccc2)CC(c2ccccc2)C=C1c1nc(-c2ccccc2)nc(-c2ccc3ccc4nc(-c5ccccc5)cc(-c5ccccc5)c4c3c2)n1. The second-order valence-electron chi connectivity index (χ2n) is 14.2. The summed E-state index contributed by atoms with van der Waals surface area (Å²) < 4.78 is 0. The highest BCUT2D eigenvalue weighted by molar-refractivity contribution is 6.14. The number of nitrogens with zero attached hydrogens (tertiary/aromatic N) is 4. The molecule has 0 saturated carbocycles. The molecule has 0 radical (unpaired) electrons. The van der Waals surface area contributed by atoms with E-state index in [1.807, 2.05) is 24.3 Å². The average Bonchev–Trinajstić information content (AvgIpc) is 3.29. The van der Waals surface area contributed by atoms with Crippen LogP contribution in [0.1, 0.15) is 29.3 Å². The van der Waals surface area contributed by atoms with Gasteiger partial charge in [0.1, 0.15) is 0 Å². The molecule has 4 heteroatoms. The van der Waals surface area contributed by atoms with Crippen LogP contribution in [0.3, 0.4) is 0 Å². The van der Waals surface area contributed by atoms with E-state index in [0.29, 0.717) is 17.5 Å². The van der Waals surface area contributed by atoms with Crippen LogP contribution in [0.25, 0.3) is 78.0 Å². The lowest BCUT2D eigenvalue weighted by molar-refractivity contribution is 0.867. The molecule has 0 amide bonds. The van der Waals surface area contributed by atoms with Gasteiger partial charge in [0.15, 0.2) is 17.5 Å². The first-order valence-electron chi connectivity index (χ1n) is 19.1. The minimum Gasteiger partial charge on any atom is -0.248 e. The van der Waals surface area contributed by atoms with E-state index in [1.54, 1.807) is 0 Å². The Hall–Kier alpha value is -7.30. The summed E-state index contributed by atoms with van der Waals surface area (Å²) >= 11 is 0. The van der Waals surface area contributed by atoms with Gasteiger partial charge in [-0.2, -0.15) is 0 Å². The Morgan fingerprint density at radius 1 is 0.429 bits per heavy atom. The quantitative estimate of drug-likeness (QED) is 0.154. The lowest BCUT2D eigenvalue weighted by Gasteiger charge is -2.23. The number of pyridine rings is 1. The summed E-state index contributed by atoms with van der Waals surface area (Å²) in [7, 11) is 0. The average molecular weight is 717 g/mol. The summed E-state index contributed by atoms with van der Waals surface area (Å²) in [6.45, 7) is 0. The topological polar surface area (TPSA) is 51.6 Å². The molecule has 2 heterocycles. The van der Waals surface area contributed by atoms with Crippen molar-refractivity contribution in [3.63, 3.8) is 0 Å². The van der Waals surface area contributed by atoms with Gasteiger partial charge in [-0.3, -0.25) is 0 Å². The van der Waals surface area contributed by atoms with E-state index in [0.717, 1.165) is 67.2 Å². The second-order valence-corrected chi connectivity index (χ2v) is 14.2. The van der Waals surface area contributed by atoms with E-state index in [1.165, 1.54) is 16.7 Å². The minimum absolute atomic E-state index is 0.170. The standard InChI is InChI=1S/C52H36N4/c1-6-16-35(17-7-1)42-30-43(36-18-8-2-9-19-36)32-44(31-42)52-55-50(40-24-14-5-15-25-40)54-51(56-52)41-27-26-38-28-29-47-49(45(38)33-41)46(37-20-10-3-11-21-37)34-48(53-47)39-22-12-4-13-23-39/h1-29,31-34,42H,30H2. The van der Waals surface area contributed by atoms with Crippen molar-refractivity contribution in [2.24, 2.45) is 0 Å². The Kier molecular flexibility index (Phi) is 8.62. The molecule has 10 rings (SSSR count). The molecule has 0 spiro atoms. The first kappa shape index (κ1) is 33.3. The number of aromatic nitrogens is 4. The van der Waals surface area contributed by atoms with Crippen molar-refractivity contribution in [3.05, 3.63) is 217 Å². The second kappa shape index (κ2) is 14.5. The number of hydrogen-bond acceptors (Lipinski definition) is 4. The van der Waals surface area contributed by atoms with E-state index in [4.69, 9.17) is 19.9 Å². The number of hydrogen-bond donors (Lipinski definition) is 0. The zero-order valence-corrected chi connectivity index (χ0v) is 30.6. The van der Waals surface area contributed by atoms with Crippen LogP contribution in [0.15, 0.2) is 200 Å². The van der Waals surface area contributed by atoms with Crippen LogP contribution in [0.5, 0.6) is 0 Å². The Balaban J connectivity index is 1.18. The highest BCUT2D eigenvalue weighted by Crippen LogP contribution is 2.40. The van der Waals surface area contributed by atoms with Crippen LogP contribution in [-0.2, 0) is 0 Å². The van der Waals surface area contributed by atoms with Crippen molar-refractivity contribution in [2.75, 3.05) is 0 Å². The molecule has 0 saturated heterocycles. The van der Waals surface area contributed by atoms with Crippen molar-refractivity contribution in [1.29, 1.82) is 0 Å². The third kappa shape index (κ3) is 6.48. The molecule has 264 valence electrons. The van der Waals surface area contributed by atoms with Crippen LogP contribution in [0, 0.1) is 0 Å². The third-order valence-corrected chi connectivity index (χ3v) is 10.7. The van der Waals surface area contributed by atoms with Crippen molar-refractivity contribution in [2.45, 2.75) is 12.3 Å². The molecule has 9 aromatic rings. The van der Waals surface area contributed by atoms with E-state index in [9.17, 15) is 0 Å². The molecular weight excluding hydrogens is 681 g/mol. The Labute approximate surface area is 326 Å². The first-order chi connectivity index (χ1) is 27.7. The predicted octanol–water partition coefficient (Wildman–Crippen LogP) is 12.9. The normalized spacial score (nSPS) is 14.0. The fraction of sp³-hybridized carbons (Fsp3) is 0.0385. The highest BCUT2D eigenvalue weighted by Gasteiger charge is 2.22. The maximum absolute atomic E-state index is 5.28. The Morgan fingerprint density at radius 2 is 0.982 bits per heavy atom. The first-order valence-corrected chi connectivity index (χ1v) is 19.1. The van der Waals surface area contributed by atoms with Crippen LogP contribution in [0.4, 0.5) is 0 Å². The fourth-order valence-corrected chi connectivity index (χ4v) is 7.86. The summed E-state index contributed by atoms with van der Waals surface area (Å²) in [4.78, 5) is 20.8. The summed E-state index contributed by atoms with van der Waals surface area (Å²) in [5, 5.41) is 3.33. The number of allylic oxidation sites excluding steroid dienone is 4. The maximum atomic E-state index is 5.28. The molecule has 0 fully saturated rings. The van der Waals surface area contributed by atoms with Gasteiger partial charge in [-0.1, -0.05) is 176 Å². The molecule has 4 nitrogen and oxygen atoms in total. The van der Waals surface area contributed by atoms with Crippen molar-refractivity contribution in [1.82, 2.24) is 19.9 Å². The third-order valence-electron chi connectivity index (χ3n) is 10.7. The van der Waals surface area contributed by atoms with E-state index in [-0.39, 0.29) is 5.92 Å². The van der Waals surface area contributed by atoms with E-state index >= 15 is 0 Å². The van der Waals surface area contributed by atoms with Crippen LogP contribution in [0.2, 0.25) is 0 Å². The van der Waals surface area contributed by atoms with Gasteiger partial charge in [-0.05, 0) is 69.3 Å². The van der Waals surface area contributed by atoms with Gasteiger partial charge in [0.2, 0.25) is 0 Å². The van der Waals surface area contributed by atoms with Crippen LogP contribution >= 0.6 is 0 Å². The zero-order chi connectivity index (χ0) is 37.3. The van der Waals surface area contributed by atoms with Crippen molar-refractivity contribution >= 4 is 32.8 Å². The lowest BCUT2D eigenvalue weighted by Crippen LogP contribution is -2.07. The largest absolute Gasteiger partial charge is 0.248 e. The molecular formula is C52H36N4. The van der Waals surface area contributed by atoms with Crippen molar-refractivity contribution in [3.8, 4) is 45.2 Å². The smallest absolute Gasteiger partial charge is 0.164 e. The molecule has 7 aromatic carbocycles. The molecule has 2 aromatic heterocycles. The van der Waals surface area contributed by atoms with E-state index < -0.39 is 0 Å². The summed E-state index contributed by atoms with van der Waals surface area (Å²) in [5.74, 6) is 2.09. The van der Waals surface area contributed by atoms with Gasteiger partial charge in [-0.15, -0.1) is 0 Å². The van der Waals surface area contributed by atoms with Gasteiger partial charge in [0.25, 0.3) is 0 Å². The maximum Gasteiger partial charge on any atom is 0.164 e. The summed E-state index contributed by atoms with van der Waals surface area (Å²) in [6, 6.07) is 65.6. The Morgan fingerprint density at radius 3 is 1.66 bits per heavy atom. The molecule has 0 aliphatic heterocycles. The van der Waals surface area contributed by atoms with Crippen LogP contribution in [-0.4, -0.2) is 19.9 Å². The van der Waals surface area contributed by atoms with Gasteiger partial charge >= 0.3 is 0 Å². The number of benzene rings is 7. The van der Waals surface area contributed by atoms with Gasteiger partial charge in [0.05, 0.1) is 11.2 Å². The molecule has 1 aliphatic carbocycles. The molecule has 1 atom stereocenters. The monoisotopic (exact) mass is 716 g/mol. The summed E-state index contributed by atoms with van der Waals surface area (Å²) in [5.41, 5.74) is 11.8. The molecule has 1 aliphatic rings. The Bertz CT molecular complexity index is 2910. The van der Waals surface area contributed by atoms with Gasteiger partial charge in [-0.25, -0.2) is 19.9 Å². The van der Waals surface area contributed by atoms with Crippen LogP contribution < -0.4 is 0 Å². The molecule has 0 bridgehead atoms. The fourth-order valence-electron chi connectivity index (χ4n) is 7.86. The predicted molar refractivity (Wildman–Crippen MR) is 231 cm³/mol. The highest BCUT2D eigenvalue weighted by atomic mass is 15.0. The zero-order valence-electron chi connectivity index (χ0n) is 30.6. The van der Waals surface area contributed by atoms with Gasteiger partial charge in [0, 0.05) is 33.6 Å². The minimum atomic E-state index is 0.170. The summed E-state index contributed by atoms with van der Waals surface area (Å²) in [6.07, 6.45) is 5.48. The van der Waals surface area contributed by atoms with Crippen molar-refractivity contribution < 1.29 is 0 Å². The molecule has 0 N–H and O–H groups in total.